The maximum absolute atomic E-state index is 12.4. The lowest BCUT2D eigenvalue weighted by Gasteiger charge is -2.05. The SMILES string of the molecule is Cc1ccc(C(=O)CCC(=O)NCc2cn(Cc3ccccc3)nc2-c2ccccc2)s1. The summed E-state index contributed by atoms with van der Waals surface area (Å²) in [5.74, 6) is -0.125. The molecule has 0 radical (unpaired) electrons. The van der Waals surface area contributed by atoms with Crippen molar-refractivity contribution in [3.8, 4) is 11.3 Å². The van der Waals surface area contributed by atoms with E-state index in [1.165, 1.54) is 11.3 Å². The van der Waals surface area contributed by atoms with E-state index in [-0.39, 0.29) is 24.5 Å². The van der Waals surface area contributed by atoms with Gasteiger partial charge >= 0.3 is 0 Å². The number of rotatable bonds is 9. The van der Waals surface area contributed by atoms with Crippen LogP contribution < -0.4 is 5.32 Å². The highest BCUT2D eigenvalue weighted by atomic mass is 32.1. The molecule has 4 aromatic rings. The zero-order chi connectivity index (χ0) is 22.3. The van der Waals surface area contributed by atoms with Gasteiger partial charge in [-0.25, -0.2) is 0 Å². The van der Waals surface area contributed by atoms with Crippen LogP contribution in [0.4, 0.5) is 0 Å². The number of aryl methyl sites for hydroxylation is 1. The number of carbonyl (C=O) groups is 2. The molecule has 2 aromatic heterocycles. The number of aromatic nitrogens is 2. The van der Waals surface area contributed by atoms with Gasteiger partial charge in [0.25, 0.3) is 0 Å². The lowest BCUT2D eigenvalue weighted by atomic mass is 10.1. The van der Waals surface area contributed by atoms with Gasteiger partial charge in [-0.15, -0.1) is 11.3 Å². The van der Waals surface area contributed by atoms with Gasteiger partial charge < -0.3 is 5.32 Å². The molecule has 0 spiro atoms. The number of hydrogen-bond donors (Lipinski definition) is 1. The molecule has 0 aliphatic rings. The highest BCUT2D eigenvalue weighted by Gasteiger charge is 2.14. The average molecular weight is 444 g/mol. The van der Waals surface area contributed by atoms with E-state index in [1.807, 2.05) is 78.5 Å². The third-order valence-electron chi connectivity index (χ3n) is 5.14. The normalized spacial score (nSPS) is 10.8. The predicted octanol–water partition coefficient (Wildman–Crippen LogP) is 5.25. The van der Waals surface area contributed by atoms with Crippen molar-refractivity contribution in [2.45, 2.75) is 32.9 Å². The monoisotopic (exact) mass is 443 g/mol. The van der Waals surface area contributed by atoms with Crippen LogP contribution in [-0.4, -0.2) is 21.5 Å². The lowest BCUT2D eigenvalue weighted by molar-refractivity contribution is -0.121. The van der Waals surface area contributed by atoms with Crippen molar-refractivity contribution in [2.24, 2.45) is 0 Å². The molecule has 32 heavy (non-hydrogen) atoms. The Morgan fingerprint density at radius 2 is 1.66 bits per heavy atom. The second kappa shape index (κ2) is 10.2. The van der Waals surface area contributed by atoms with Gasteiger partial charge in [0.15, 0.2) is 5.78 Å². The molecule has 0 saturated heterocycles. The smallest absolute Gasteiger partial charge is 0.220 e. The number of thiophene rings is 1. The summed E-state index contributed by atoms with van der Waals surface area (Å²) in [7, 11) is 0. The summed E-state index contributed by atoms with van der Waals surface area (Å²) in [5, 5.41) is 7.74. The molecule has 1 amide bonds. The summed E-state index contributed by atoms with van der Waals surface area (Å²) in [6, 6.07) is 23.9. The van der Waals surface area contributed by atoms with Crippen molar-refractivity contribution in [2.75, 3.05) is 0 Å². The Hall–Kier alpha value is -3.51. The molecule has 0 saturated carbocycles. The molecule has 6 heteroatoms. The summed E-state index contributed by atoms with van der Waals surface area (Å²) in [4.78, 5) is 26.5. The fourth-order valence-electron chi connectivity index (χ4n) is 3.50. The Morgan fingerprint density at radius 3 is 2.34 bits per heavy atom. The van der Waals surface area contributed by atoms with Gasteiger partial charge in [-0.2, -0.15) is 5.10 Å². The van der Waals surface area contributed by atoms with E-state index in [2.05, 4.69) is 17.4 Å². The van der Waals surface area contributed by atoms with Gasteiger partial charge in [0, 0.05) is 41.6 Å². The fraction of sp³-hybridized carbons (Fsp3) is 0.192. The maximum atomic E-state index is 12.4. The number of nitrogens with zero attached hydrogens (tertiary/aromatic N) is 2. The van der Waals surface area contributed by atoms with Gasteiger partial charge in [0.05, 0.1) is 17.1 Å². The number of carbonyl (C=O) groups excluding carboxylic acids is 2. The van der Waals surface area contributed by atoms with E-state index in [0.717, 1.165) is 27.3 Å². The molecule has 0 fully saturated rings. The molecule has 1 N–H and O–H groups in total. The molecule has 0 aliphatic heterocycles. The number of ketones is 1. The second-order valence-corrected chi connectivity index (χ2v) is 8.95. The first-order valence-electron chi connectivity index (χ1n) is 10.6. The van der Waals surface area contributed by atoms with Crippen LogP contribution in [0, 0.1) is 6.92 Å². The Labute approximate surface area is 191 Å². The zero-order valence-corrected chi connectivity index (χ0v) is 18.8. The van der Waals surface area contributed by atoms with Crippen LogP contribution in [0.1, 0.15) is 38.5 Å². The van der Waals surface area contributed by atoms with Gasteiger partial charge in [-0.1, -0.05) is 60.7 Å². The summed E-state index contributed by atoms with van der Waals surface area (Å²) in [6.45, 7) is 2.99. The minimum Gasteiger partial charge on any atom is -0.352 e. The molecular formula is C26H25N3O2S. The largest absolute Gasteiger partial charge is 0.352 e. The molecule has 0 bridgehead atoms. The molecule has 5 nitrogen and oxygen atoms in total. The van der Waals surface area contributed by atoms with Gasteiger partial charge in [-0.05, 0) is 24.6 Å². The van der Waals surface area contributed by atoms with Crippen molar-refractivity contribution < 1.29 is 9.59 Å². The highest BCUT2D eigenvalue weighted by molar-refractivity contribution is 7.14. The first kappa shape index (κ1) is 21.7. The first-order chi connectivity index (χ1) is 15.6. The summed E-state index contributed by atoms with van der Waals surface area (Å²) >= 11 is 1.47. The molecule has 2 aromatic carbocycles. The van der Waals surface area contributed by atoms with Crippen LogP contribution >= 0.6 is 11.3 Å². The minimum absolute atomic E-state index is 0.0129. The van der Waals surface area contributed by atoms with E-state index in [4.69, 9.17) is 5.10 Å². The van der Waals surface area contributed by atoms with Crippen LogP contribution in [0.15, 0.2) is 79.0 Å². The summed E-state index contributed by atoms with van der Waals surface area (Å²) < 4.78 is 1.90. The van der Waals surface area contributed by atoms with Crippen LogP contribution in [-0.2, 0) is 17.9 Å². The number of Topliss-reactive ketones (excluding diaryl/α,β-unsaturated/α-hetero) is 1. The fourth-order valence-corrected chi connectivity index (χ4v) is 4.33. The van der Waals surface area contributed by atoms with Crippen LogP contribution in [0.2, 0.25) is 0 Å². The highest BCUT2D eigenvalue weighted by Crippen LogP contribution is 2.22. The van der Waals surface area contributed by atoms with Crippen molar-refractivity contribution >= 4 is 23.0 Å². The first-order valence-corrected chi connectivity index (χ1v) is 11.4. The van der Waals surface area contributed by atoms with E-state index in [1.54, 1.807) is 0 Å². The van der Waals surface area contributed by atoms with Gasteiger partial charge in [-0.3, -0.25) is 14.3 Å². The van der Waals surface area contributed by atoms with Crippen LogP contribution in [0.5, 0.6) is 0 Å². The van der Waals surface area contributed by atoms with Crippen molar-refractivity contribution in [3.05, 3.63) is 99.9 Å². The predicted molar refractivity (Wildman–Crippen MR) is 128 cm³/mol. The lowest BCUT2D eigenvalue weighted by Crippen LogP contribution is -2.23. The minimum atomic E-state index is -0.138. The van der Waals surface area contributed by atoms with E-state index < -0.39 is 0 Å². The van der Waals surface area contributed by atoms with E-state index in [0.29, 0.717) is 18.0 Å². The molecule has 0 atom stereocenters. The van der Waals surface area contributed by atoms with Gasteiger partial charge in [0.1, 0.15) is 0 Å². The van der Waals surface area contributed by atoms with Crippen molar-refractivity contribution in [1.82, 2.24) is 15.1 Å². The third-order valence-corrected chi connectivity index (χ3v) is 6.18. The number of benzene rings is 2. The van der Waals surface area contributed by atoms with Crippen LogP contribution in [0.3, 0.4) is 0 Å². The van der Waals surface area contributed by atoms with Crippen molar-refractivity contribution in [1.29, 1.82) is 0 Å². The standard InChI is InChI=1S/C26H25N3O2S/c1-19-12-14-24(32-19)23(30)13-15-25(31)27-16-22-18-29(17-20-8-4-2-5-9-20)28-26(22)21-10-6-3-7-11-21/h2-12,14,18H,13,15-17H2,1H3,(H,27,31). The zero-order valence-electron chi connectivity index (χ0n) is 18.0. The second-order valence-electron chi connectivity index (χ2n) is 7.66. The Bertz CT molecular complexity index is 1200. The van der Waals surface area contributed by atoms with E-state index >= 15 is 0 Å². The number of amides is 1. The molecular weight excluding hydrogens is 418 g/mol. The third kappa shape index (κ3) is 5.59. The van der Waals surface area contributed by atoms with Gasteiger partial charge in [0.2, 0.25) is 5.91 Å². The summed E-state index contributed by atoms with van der Waals surface area (Å²) in [5.41, 5.74) is 3.96. The van der Waals surface area contributed by atoms with Crippen LogP contribution in [0.25, 0.3) is 11.3 Å². The molecule has 4 rings (SSSR count). The average Bonchev–Trinajstić information content (AvgIpc) is 3.43. The summed E-state index contributed by atoms with van der Waals surface area (Å²) in [6.07, 6.45) is 2.37. The Balaban J connectivity index is 1.42. The molecule has 0 aliphatic carbocycles. The molecule has 162 valence electrons. The quantitative estimate of drug-likeness (QED) is 0.360. The number of hydrogen-bond acceptors (Lipinski definition) is 4. The Kier molecular flexibility index (Phi) is 6.92. The topological polar surface area (TPSA) is 64.0 Å². The molecule has 0 unspecified atom stereocenters. The van der Waals surface area contributed by atoms with E-state index in [9.17, 15) is 9.59 Å². The van der Waals surface area contributed by atoms with Crippen molar-refractivity contribution in [3.63, 3.8) is 0 Å². The Morgan fingerprint density at radius 1 is 0.938 bits per heavy atom. The maximum Gasteiger partial charge on any atom is 0.220 e. The number of nitrogens with one attached hydrogen (secondary N) is 1. The molecule has 2 heterocycles.